The maximum atomic E-state index is 12.8. The number of esters is 1. The SMILES string of the molecule is CC(C)(C)OC(=O)[C@@](N)(C(=O)O)C(c1ccccc1)c1ccccc1. The lowest BCUT2D eigenvalue weighted by Crippen LogP contribution is -2.61. The maximum Gasteiger partial charge on any atom is 0.339 e. The molecule has 0 unspecified atom stereocenters. The van der Waals surface area contributed by atoms with Crippen molar-refractivity contribution in [3.8, 4) is 0 Å². The zero-order chi connectivity index (χ0) is 18.7. The molecule has 0 radical (unpaired) electrons. The van der Waals surface area contributed by atoms with E-state index in [9.17, 15) is 14.7 Å². The quantitative estimate of drug-likeness (QED) is 0.645. The van der Waals surface area contributed by atoms with Gasteiger partial charge < -0.3 is 15.6 Å². The molecule has 0 saturated heterocycles. The average molecular weight is 341 g/mol. The van der Waals surface area contributed by atoms with Crippen LogP contribution in [0.2, 0.25) is 0 Å². The molecule has 0 fully saturated rings. The summed E-state index contributed by atoms with van der Waals surface area (Å²) in [6, 6.07) is 17.8. The van der Waals surface area contributed by atoms with Crippen LogP contribution in [-0.2, 0) is 14.3 Å². The summed E-state index contributed by atoms with van der Waals surface area (Å²) in [5, 5.41) is 9.87. The molecule has 0 spiro atoms. The number of hydrogen-bond donors (Lipinski definition) is 2. The number of rotatable bonds is 5. The number of carbonyl (C=O) groups is 2. The lowest BCUT2D eigenvalue weighted by molar-refractivity contribution is -0.169. The molecule has 3 N–H and O–H groups in total. The van der Waals surface area contributed by atoms with Crippen LogP contribution in [0.4, 0.5) is 0 Å². The van der Waals surface area contributed by atoms with E-state index >= 15 is 0 Å². The van der Waals surface area contributed by atoms with Crippen LogP contribution >= 0.6 is 0 Å². The van der Waals surface area contributed by atoms with E-state index in [1.165, 1.54) is 0 Å². The van der Waals surface area contributed by atoms with Crippen molar-refractivity contribution in [1.82, 2.24) is 0 Å². The summed E-state index contributed by atoms with van der Waals surface area (Å²) in [6.45, 7) is 5.02. The zero-order valence-corrected chi connectivity index (χ0v) is 14.6. The van der Waals surface area contributed by atoms with Crippen molar-refractivity contribution in [1.29, 1.82) is 0 Å². The van der Waals surface area contributed by atoms with E-state index in [0.29, 0.717) is 11.1 Å². The highest BCUT2D eigenvalue weighted by molar-refractivity contribution is 6.06. The van der Waals surface area contributed by atoms with Gasteiger partial charge >= 0.3 is 11.9 Å². The third-order valence-corrected chi connectivity index (χ3v) is 3.81. The van der Waals surface area contributed by atoms with Gasteiger partial charge in [-0.15, -0.1) is 0 Å². The number of aliphatic carboxylic acids is 1. The number of nitrogens with two attached hydrogens (primary N) is 1. The van der Waals surface area contributed by atoms with Crippen molar-refractivity contribution in [2.24, 2.45) is 5.73 Å². The molecule has 0 aromatic heterocycles. The van der Waals surface area contributed by atoms with Crippen molar-refractivity contribution in [3.05, 3.63) is 71.8 Å². The first kappa shape index (κ1) is 18.7. The molecule has 2 aromatic rings. The fourth-order valence-electron chi connectivity index (χ4n) is 2.70. The first-order valence-electron chi connectivity index (χ1n) is 8.02. The molecule has 0 heterocycles. The second-order valence-electron chi connectivity index (χ2n) is 6.93. The van der Waals surface area contributed by atoms with Gasteiger partial charge in [0.05, 0.1) is 0 Å². The maximum absolute atomic E-state index is 12.8. The van der Waals surface area contributed by atoms with Crippen LogP contribution in [0.15, 0.2) is 60.7 Å². The lowest BCUT2D eigenvalue weighted by atomic mass is 9.75. The fourth-order valence-corrected chi connectivity index (χ4v) is 2.70. The van der Waals surface area contributed by atoms with Crippen molar-refractivity contribution >= 4 is 11.9 Å². The van der Waals surface area contributed by atoms with Gasteiger partial charge in [-0.2, -0.15) is 0 Å². The molecule has 132 valence electrons. The summed E-state index contributed by atoms with van der Waals surface area (Å²) in [7, 11) is 0. The van der Waals surface area contributed by atoms with Gasteiger partial charge in [0.1, 0.15) is 5.60 Å². The topological polar surface area (TPSA) is 89.6 Å². The molecule has 2 rings (SSSR count). The smallest absolute Gasteiger partial charge is 0.339 e. The molecule has 5 nitrogen and oxygen atoms in total. The highest BCUT2D eigenvalue weighted by Crippen LogP contribution is 2.35. The molecule has 25 heavy (non-hydrogen) atoms. The third-order valence-electron chi connectivity index (χ3n) is 3.81. The first-order chi connectivity index (χ1) is 11.7. The van der Waals surface area contributed by atoms with Gasteiger partial charge in [-0.05, 0) is 31.9 Å². The minimum absolute atomic E-state index is 0.629. The second kappa shape index (κ2) is 7.07. The number of carboxylic acids is 1. The van der Waals surface area contributed by atoms with Gasteiger partial charge in [0.2, 0.25) is 5.54 Å². The molecule has 2 aromatic carbocycles. The van der Waals surface area contributed by atoms with E-state index in [0.717, 1.165) is 0 Å². The Morgan fingerprint density at radius 2 is 1.32 bits per heavy atom. The van der Waals surface area contributed by atoms with Gasteiger partial charge in [0.15, 0.2) is 0 Å². The molecule has 5 heteroatoms. The summed E-state index contributed by atoms with van der Waals surface area (Å²) in [5.41, 5.74) is 4.38. The predicted molar refractivity (Wildman–Crippen MR) is 95.1 cm³/mol. The largest absolute Gasteiger partial charge is 0.479 e. The molecule has 0 amide bonds. The zero-order valence-electron chi connectivity index (χ0n) is 14.6. The fraction of sp³-hybridized carbons (Fsp3) is 0.300. The highest BCUT2D eigenvalue weighted by atomic mass is 16.6. The normalized spacial score (nSPS) is 14.0. The second-order valence-corrected chi connectivity index (χ2v) is 6.93. The summed E-state index contributed by atoms with van der Waals surface area (Å²) >= 11 is 0. The lowest BCUT2D eigenvalue weighted by Gasteiger charge is -2.34. The Kier molecular flexibility index (Phi) is 5.28. The Morgan fingerprint density at radius 1 is 0.920 bits per heavy atom. The van der Waals surface area contributed by atoms with Gasteiger partial charge in [0, 0.05) is 5.92 Å². The molecule has 0 saturated carbocycles. The monoisotopic (exact) mass is 341 g/mol. The number of benzene rings is 2. The van der Waals surface area contributed by atoms with E-state index in [2.05, 4.69) is 0 Å². The van der Waals surface area contributed by atoms with Crippen LogP contribution in [0.3, 0.4) is 0 Å². The van der Waals surface area contributed by atoms with E-state index in [1.807, 2.05) is 12.1 Å². The van der Waals surface area contributed by atoms with Gasteiger partial charge in [-0.3, -0.25) is 0 Å². The van der Waals surface area contributed by atoms with Crippen molar-refractivity contribution in [2.45, 2.75) is 37.8 Å². The highest BCUT2D eigenvalue weighted by Gasteiger charge is 2.53. The van der Waals surface area contributed by atoms with E-state index in [4.69, 9.17) is 10.5 Å². The van der Waals surface area contributed by atoms with Crippen LogP contribution in [0, 0.1) is 0 Å². The summed E-state index contributed by atoms with van der Waals surface area (Å²) in [5.74, 6) is -3.29. The summed E-state index contributed by atoms with van der Waals surface area (Å²) in [6.07, 6.45) is 0. The Balaban J connectivity index is 2.63. The standard InChI is InChI=1S/C20H23NO4/c1-19(2,3)25-18(24)20(21,17(22)23)16(14-10-6-4-7-11-14)15-12-8-5-9-13-15/h4-13,16H,21H2,1-3H3,(H,22,23)/t20-/m0/s1. The van der Waals surface area contributed by atoms with Gasteiger partial charge in [-0.1, -0.05) is 60.7 Å². The Bertz CT molecular complexity index is 698. The van der Waals surface area contributed by atoms with Crippen LogP contribution in [0.1, 0.15) is 37.8 Å². The van der Waals surface area contributed by atoms with Crippen molar-refractivity contribution < 1.29 is 19.4 Å². The predicted octanol–water partition coefficient (Wildman–Crippen LogP) is 2.94. The number of carboxylic acid groups (broad SMARTS) is 1. The first-order valence-corrected chi connectivity index (χ1v) is 8.02. The number of carbonyl (C=O) groups excluding carboxylic acids is 1. The third kappa shape index (κ3) is 4.06. The van der Waals surface area contributed by atoms with E-state index in [1.54, 1.807) is 69.3 Å². The average Bonchev–Trinajstić information content (AvgIpc) is 2.55. The minimum atomic E-state index is -2.25. The van der Waals surface area contributed by atoms with Crippen LogP contribution in [0.25, 0.3) is 0 Å². The van der Waals surface area contributed by atoms with E-state index < -0.39 is 29.0 Å². The number of ether oxygens (including phenoxy) is 1. The van der Waals surface area contributed by atoms with Gasteiger partial charge in [0.25, 0.3) is 0 Å². The number of hydrogen-bond acceptors (Lipinski definition) is 4. The Morgan fingerprint density at radius 3 is 1.64 bits per heavy atom. The summed E-state index contributed by atoms with van der Waals surface area (Å²) < 4.78 is 5.34. The Hall–Kier alpha value is -2.66. The molecule has 1 atom stereocenters. The van der Waals surface area contributed by atoms with Crippen LogP contribution in [0.5, 0.6) is 0 Å². The molecule has 0 aliphatic carbocycles. The molecule has 0 bridgehead atoms. The van der Waals surface area contributed by atoms with Crippen molar-refractivity contribution in [3.63, 3.8) is 0 Å². The van der Waals surface area contributed by atoms with Crippen LogP contribution in [-0.4, -0.2) is 28.2 Å². The molecular weight excluding hydrogens is 318 g/mol. The molecular formula is C20H23NO4. The van der Waals surface area contributed by atoms with Crippen molar-refractivity contribution in [2.75, 3.05) is 0 Å². The Labute approximate surface area is 147 Å². The van der Waals surface area contributed by atoms with E-state index in [-0.39, 0.29) is 0 Å². The van der Waals surface area contributed by atoms with Gasteiger partial charge in [-0.25, -0.2) is 9.59 Å². The molecule has 0 aliphatic rings. The van der Waals surface area contributed by atoms with Crippen LogP contribution < -0.4 is 5.73 Å². The minimum Gasteiger partial charge on any atom is -0.479 e. The summed E-state index contributed by atoms with van der Waals surface area (Å²) in [4.78, 5) is 24.9. The molecule has 0 aliphatic heterocycles.